The molecule has 0 aliphatic carbocycles. The number of sulfonamides is 1. The van der Waals surface area contributed by atoms with Crippen LogP contribution in [0.25, 0.3) is 16.9 Å². The fourth-order valence-electron chi connectivity index (χ4n) is 3.99. The Bertz CT molecular complexity index is 1200. The third kappa shape index (κ3) is 3.14. The number of ether oxygens (including phenoxy) is 1. The van der Waals surface area contributed by atoms with Crippen molar-refractivity contribution in [2.45, 2.75) is 17.9 Å². The van der Waals surface area contributed by atoms with Gasteiger partial charge in [0.15, 0.2) is 11.5 Å². The van der Waals surface area contributed by atoms with Gasteiger partial charge < -0.3 is 10.5 Å². The third-order valence-corrected chi connectivity index (χ3v) is 7.67. The molecular formula is C19H23N7O3S. The van der Waals surface area contributed by atoms with Crippen molar-refractivity contribution in [3.63, 3.8) is 0 Å². The number of morpholine rings is 1. The van der Waals surface area contributed by atoms with Crippen LogP contribution in [0, 0.1) is 6.92 Å². The summed E-state index contributed by atoms with van der Waals surface area (Å²) in [5.41, 5.74) is 8.65. The number of aryl methyl sites for hydroxylation is 1. The number of nitrogens with two attached hydrogens (primary N) is 1. The van der Waals surface area contributed by atoms with Crippen LogP contribution < -0.4 is 5.73 Å². The molecule has 0 saturated carbocycles. The Morgan fingerprint density at radius 3 is 2.70 bits per heavy atom. The van der Waals surface area contributed by atoms with Crippen LogP contribution in [0.2, 0.25) is 0 Å². The van der Waals surface area contributed by atoms with Crippen molar-refractivity contribution in [1.82, 2.24) is 28.8 Å². The van der Waals surface area contributed by atoms with E-state index < -0.39 is 10.0 Å². The van der Waals surface area contributed by atoms with Gasteiger partial charge in [0.25, 0.3) is 0 Å². The van der Waals surface area contributed by atoms with Crippen LogP contribution in [-0.4, -0.2) is 82.6 Å². The lowest BCUT2D eigenvalue weighted by Crippen LogP contribution is -2.62. The molecule has 0 atom stereocenters. The van der Waals surface area contributed by atoms with Crippen LogP contribution in [0.5, 0.6) is 0 Å². The molecule has 4 heterocycles. The van der Waals surface area contributed by atoms with Gasteiger partial charge in [0.05, 0.1) is 30.0 Å². The predicted octanol–water partition coefficient (Wildman–Crippen LogP) is 0.387. The largest absolute Gasteiger partial charge is 0.381 e. The number of hydrogen-bond donors (Lipinski definition) is 1. The molecule has 2 aliphatic heterocycles. The third-order valence-electron chi connectivity index (χ3n) is 5.84. The average Bonchev–Trinajstić information content (AvgIpc) is 3.13. The highest BCUT2D eigenvalue weighted by Gasteiger charge is 2.40. The second-order valence-corrected chi connectivity index (χ2v) is 9.56. The maximum absolute atomic E-state index is 13.2. The Balaban J connectivity index is 1.44. The molecule has 2 saturated heterocycles. The van der Waals surface area contributed by atoms with E-state index in [0.29, 0.717) is 37.6 Å². The Labute approximate surface area is 174 Å². The van der Waals surface area contributed by atoms with E-state index in [-0.39, 0.29) is 16.8 Å². The van der Waals surface area contributed by atoms with Gasteiger partial charge in [0.2, 0.25) is 10.0 Å². The molecule has 0 spiro atoms. The van der Waals surface area contributed by atoms with Crippen molar-refractivity contribution in [1.29, 1.82) is 0 Å². The van der Waals surface area contributed by atoms with Gasteiger partial charge in [0.1, 0.15) is 6.33 Å². The summed E-state index contributed by atoms with van der Waals surface area (Å²) in [6.07, 6.45) is 2.99. The number of aromatic nitrogens is 4. The first-order chi connectivity index (χ1) is 14.4. The number of benzene rings is 1. The molecule has 0 bridgehead atoms. The zero-order valence-corrected chi connectivity index (χ0v) is 17.4. The highest BCUT2D eigenvalue weighted by atomic mass is 32.2. The Morgan fingerprint density at radius 1 is 1.17 bits per heavy atom. The number of hydrogen-bond acceptors (Lipinski definition) is 8. The molecule has 2 aromatic heterocycles. The molecule has 30 heavy (non-hydrogen) atoms. The van der Waals surface area contributed by atoms with Gasteiger partial charge in [-0.2, -0.15) is 9.40 Å². The van der Waals surface area contributed by atoms with E-state index in [1.54, 1.807) is 22.8 Å². The number of rotatable bonds is 4. The van der Waals surface area contributed by atoms with Crippen LogP contribution in [0.1, 0.15) is 5.56 Å². The van der Waals surface area contributed by atoms with Gasteiger partial charge >= 0.3 is 0 Å². The second-order valence-electron chi connectivity index (χ2n) is 7.63. The van der Waals surface area contributed by atoms with E-state index in [2.05, 4.69) is 20.0 Å². The van der Waals surface area contributed by atoms with Crippen LogP contribution in [0.4, 0.5) is 5.82 Å². The number of imidazole rings is 1. The summed E-state index contributed by atoms with van der Waals surface area (Å²) >= 11 is 0. The molecule has 158 valence electrons. The van der Waals surface area contributed by atoms with E-state index in [9.17, 15) is 8.42 Å². The minimum atomic E-state index is -3.58. The molecule has 2 aliphatic rings. The molecule has 5 rings (SSSR count). The highest BCUT2D eigenvalue weighted by Crippen LogP contribution is 2.30. The van der Waals surface area contributed by atoms with Gasteiger partial charge in [-0.1, -0.05) is 6.07 Å². The fraction of sp³-hybridized carbons (Fsp3) is 0.421. The quantitative estimate of drug-likeness (QED) is 0.633. The lowest BCUT2D eigenvalue weighted by molar-refractivity contribution is -0.0116. The van der Waals surface area contributed by atoms with Gasteiger partial charge in [-0.05, 0) is 24.6 Å². The molecule has 11 heteroatoms. The zero-order valence-electron chi connectivity index (χ0n) is 16.6. The van der Waals surface area contributed by atoms with Gasteiger partial charge in [-0.25, -0.2) is 22.9 Å². The Hall–Kier alpha value is -2.60. The summed E-state index contributed by atoms with van der Waals surface area (Å²) in [6.45, 7) is 6.05. The van der Waals surface area contributed by atoms with Crippen molar-refractivity contribution < 1.29 is 13.2 Å². The van der Waals surface area contributed by atoms with E-state index in [0.717, 1.165) is 24.2 Å². The van der Waals surface area contributed by atoms with Crippen molar-refractivity contribution in [2.75, 3.05) is 45.1 Å². The van der Waals surface area contributed by atoms with Gasteiger partial charge in [-0.3, -0.25) is 4.90 Å². The first kappa shape index (κ1) is 19.4. The first-order valence-electron chi connectivity index (χ1n) is 9.82. The van der Waals surface area contributed by atoms with Gasteiger partial charge in [-0.15, -0.1) is 0 Å². The number of fused-ring (bicyclic) bond motifs is 1. The fourth-order valence-corrected chi connectivity index (χ4v) is 5.53. The van der Waals surface area contributed by atoms with E-state index in [1.807, 2.05) is 13.0 Å². The summed E-state index contributed by atoms with van der Waals surface area (Å²) in [7, 11) is -3.58. The summed E-state index contributed by atoms with van der Waals surface area (Å²) in [4.78, 5) is 10.8. The van der Waals surface area contributed by atoms with E-state index >= 15 is 0 Å². The van der Waals surface area contributed by atoms with Crippen molar-refractivity contribution in [2.24, 2.45) is 0 Å². The number of anilines is 1. The Morgan fingerprint density at radius 2 is 1.93 bits per heavy atom. The number of nitrogens with zero attached hydrogens (tertiary/aromatic N) is 6. The summed E-state index contributed by atoms with van der Waals surface area (Å²) in [6, 6.07) is 5.41. The highest BCUT2D eigenvalue weighted by molar-refractivity contribution is 7.89. The minimum absolute atomic E-state index is 0.257. The summed E-state index contributed by atoms with van der Waals surface area (Å²) in [5, 5.41) is 4.22. The van der Waals surface area contributed by atoms with Crippen LogP contribution in [0.3, 0.4) is 0 Å². The molecule has 0 unspecified atom stereocenters. The SMILES string of the molecule is Cc1ccc(S(=O)(=O)N2CC(N3CCOCC3)C2)cc1-c1cnc2c(N)ncnn12. The smallest absolute Gasteiger partial charge is 0.243 e. The molecule has 2 N–H and O–H groups in total. The van der Waals surface area contributed by atoms with Crippen molar-refractivity contribution in [3.8, 4) is 11.3 Å². The summed E-state index contributed by atoms with van der Waals surface area (Å²) in [5.74, 6) is 0.271. The molecule has 0 amide bonds. The van der Waals surface area contributed by atoms with Crippen molar-refractivity contribution in [3.05, 3.63) is 36.3 Å². The maximum atomic E-state index is 13.2. The maximum Gasteiger partial charge on any atom is 0.243 e. The normalized spacial score (nSPS) is 19.2. The van der Waals surface area contributed by atoms with Crippen LogP contribution in [0.15, 0.2) is 35.6 Å². The molecule has 0 radical (unpaired) electrons. The molecule has 1 aromatic carbocycles. The van der Waals surface area contributed by atoms with Crippen LogP contribution in [-0.2, 0) is 14.8 Å². The molecule has 10 nitrogen and oxygen atoms in total. The second kappa shape index (κ2) is 7.27. The monoisotopic (exact) mass is 429 g/mol. The van der Waals surface area contributed by atoms with E-state index in [4.69, 9.17) is 10.5 Å². The topological polar surface area (TPSA) is 119 Å². The van der Waals surface area contributed by atoms with Gasteiger partial charge in [0, 0.05) is 37.8 Å². The van der Waals surface area contributed by atoms with Crippen molar-refractivity contribution >= 4 is 21.5 Å². The lowest BCUT2D eigenvalue weighted by atomic mass is 10.1. The molecular weight excluding hydrogens is 406 g/mol. The van der Waals surface area contributed by atoms with Crippen LogP contribution >= 0.6 is 0 Å². The zero-order chi connectivity index (χ0) is 20.9. The van der Waals surface area contributed by atoms with E-state index in [1.165, 1.54) is 10.6 Å². The average molecular weight is 430 g/mol. The first-order valence-corrected chi connectivity index (χ1v) is 11.3. The lowest BCUT2D eigenvalue weighted by Gasteiger charge is -2.45. The Kier molecular flexibility index (Phi) is 4.69. The standard InChI is InChI=1S/C19H23N7O3S/c1-13-2-3-15(8-16(13)17-9-21-19-18(20)22-12-23-26(17)19)30(27,28)25-10-14(11-25)24-4-6-29-7-5-24/h2-3,8-9,12,14H,4-7,10-11H2,1H3,(H2,20,22,23). The number of nitrogen functional groups attached to an aromatic ring is 1. The summed E-state index contributed by atoms with van der Waals surface area (Å²) < 4.78 is 34.9. The molecule has 3 aromatic rings. The predicted molar refractivity (Wildman–Crippen MR) is 110 cm³/mol. The molecule has 2 fully saturated rings. The minimum Gasteiger partial charge on any atom is -0.381 e.